The highest BCUT2D eigenvalue weighted by atomic mass is 16.2. The molecule has 0 radical (unpaired) electrons. The average Bonchev–Trinajstić information content (AvgIpc) is 2.73. The number of piperazine rings is 1. The Morgan fingerprint density at radius 2 is 1.54 bits per heavy atom. The Morgan fingerprint density at radius 3 is 2.18 bits per heavy atom. The first-order valence-corrected chi connectivity index (χ1v) is 10.8. The Balaban J connectivity index is 1.68. The van der Waals surface area contributed by atoms with Crippen molar-refractivity contribution in [1.82, 2.24) is 9.80 Å². The van der Waals surface area contributed by atoms with Gasteiger partial charge < -0.3 is 4.90 Å². The smallest absolute Gasteiger partial charge is 0.255 e. The number of amides is 3. The number of carbonyl (C=O) groups excluding carboxylic acids is 3. The monoisotopic (exact) mass is 382 g/mol. The largest absolute Gasteiger partial charge is 0.315 e. The van der Waals surface area contributed by atoms with Gasteiger partial charge in [0.2, 0.25) is 5.91 Å². The maximum absolute atomic E-state index is 13.7. The van der Waals surface area contributed by atoms with Crippen molar-refractivity contribution in [2.24, 2.45) is 0 Å². The summed E-state index contributed by atoms with van der Waals surface area (Å²) < 4.78 is 0. The standard InChI is InChI=1S/C23H30N2O3/c1-17-10-12-18(13-11-17)21(27)24-16-20(26)25(19-8-4-2-5-9-19)22(28)23(24)14-6-3-7-15-23/h10-13,19H,2-9,14-16H2,1H3. The molecule has 3 aliphatic rings. The van der Waals surface area contributed by atoms with Crippen LogP contribution in [-0.4, -0.2) is 45.6 Å². The molecule has 1 aliphatic heterocycles. The molecule has 0 bridgehead atoms. The minimum absolute atomic E-state index is 0.0178. The van der Waals surface area contributed by atoms with Crippen molar-refractivity contribution in [3.63, 3.8) is 0 Å². The summed E-state index contributed by atoms with van der Waals surface area (Å²) in [6, 6.07) is 7.43. The van der Waals surface area contributed by atoms with E-state index >= 15 is 0 Å². The third-order valence-electron chi connectivity index (χ3n) is 6.86. The lowest BCUT2D eigenvalue weighted by molar-refractivity contribution is -0.166. The van der Waals surface area contributed by atoms with Gasteiger partial charge in [-0.1, -0.05) is 56.2 Å². The van der Waals surface area contributed by atoms with Crippen LogP contribution in [0.15, 0.2) is 24.3 Å². The molecule has 2 saturated carbocycles. The Bertz CT molecular complexity index is 759. The average molecular weight is 383 g/mol. The molecular formula is C23H30N2O3. The van der Waals surface area contributed by atoms with Crippen molar-refractivity contribution in [2.75, 3.05) is 6.54 Å². The molecule has 1 spiro atoms. The maximum atomic E-state index is 13.7. The second kappa shape index (κ2) is 7.69. The van der Waals surface area contributed by atoms with E-state index in [9.17, 15) is 14.4 Å². The molecule has 0 aromatic heterocycles. The van der Waals surface area contributed by atoms with Crippen LogP contribution in [0.4, 0.5) is 0 Å². The molecule has 2 aliphatic carbocycles. The van der Waals surface area contributed by atoms with E-state index in [2.05, 4.69) is 0 Å². The molecule has 0 unspecified atom stereocenters. The van der Waals surface area contributed by atoms with Crippen LogP contribution in [-0.2, 0) is 9.59 Å². The van der Waals surface area contributed by atoms with Crippen molar-refractivity contribution < 1.29 is 14.4 Å². The molecule has 1 heterocycles. The fraction of sp³-hybridized carbons (Fsp3) is 0.609. The number of carbonyl (C=O) groups is 3. The van der Waals surface area contributed by atoms with Crippen LogP contribution < -0.4 is 0 Å². The molecule has 3 fully saturated rings. The van der Waals surface area contributed by atoms with Crippen molar-refractivity contribution in [3.8, 4) is 0 Å². The third kappa shape index (κ3) is 3.25. The Labute approximate surface area is 167 Å². The summed E-state index contributed by atoms with van der Waals surface area (Å²) in [7, 11) is 0. The molecule has 3 amide bonds. The summed E-state index contributed by atoms with van der Waals surface area (Å²) in [5.41, 5.74) is 0.798. The summed E-state index contributed by atoms with van der Waals surface area (Å²) in [6.07, 6.45) is 9.39. The molecule has 0 N–H and O–H groups in total. The van der Waals surface area contributed by atoms with E-state index in [0.29, 0.717) is 18.4 Å². The minimum atomic E-state index is -0.842. The molecule has 1 aromatic rings. The Hall–Kier alpha value is -2.17. The van der Waals surface area contributed by atoms with Crippen LogP contribution in [0.2, 0.25) is 0 Å². The van der Waals surface area contributed by atoms with Gasteiger partial charge in [0.05, 0.1) is 0 Å². The van der Waals surface area contributed by atoms with Gasteiger partial charge in [0.1, 0.15) is 12.1 Å². The van der Waals surface area contributed by atoms with E-state index in [4.69, 9.17) is 0 Å². The lowest BCUT2D eigenvalue weighted by Crippen LogP contribution is -2.71. The zero-order valence-corrected chi connectivity index (χ0v) is 16.8. The number of rotatable bonds is 2. The summed E-state index contributed by atoms with van der Waals surface area (Å²) in [6.45, 7) is 2.00. The van der Waals surface area contributed by atoms with E-state index in [1.54, 1.807) is 21.9 Å². The van der Waals surface area contributed by atoms with E-state index in [0.717, 1.165) is 50.5 Å². The summed E-state index contributed by atoms with van der Waals surface area (Å²) in [4.78, 5) is 43.3. The lowest BCUT2D eigenvalue weighted by atomic mass is 9.76. The Morgan fingerprint density at radius 1 is 0.929 bits per heavy atom. The predicted molar refractivity (Wildman–Crippen MR) is 107 cm³/mol. The van der Waals surface area contributed by atoms with Crippen molar-refractivity contribution in [1.29, 1.82) is 0 Å². The van der Waals surface area contributed by atoms with Gasteiger partial charge >= 0.3 is 0 Å². The van der Waals surface area contributed by atoms with Gasteiger partial charge in [-0.2, -0.15) is 0 Å². The highest BCUT2D eigenvalue weighted by Gasteiger charge is 2.55. The van der Waals surface area contributed by atoms with E-state index < -0.39 is 5.54 Å². The molecule has 4 rings (SSSR count). The number of nitrogens with zero attached hydrogens (tertiary/aromatic N) is 2. The lowest BCUT2D eigenvalue weighted by Gasteiger charge is -2.52. The zero-order valence-electron chi connectivity index (χ0n) is 16.8. The summed E-state index contributed by atoms with van der Waals surface area (Å²) in [5, 5.41) is 0. The van der Waals surface area contributed by atoms with Crippen LogP contribution in [0, 0.1) is 6.92 Å². The first kappa shape index (κ1) is 19.2. The van der Waals surface area contributed by atoms with Gasteiger partial charge in [0.15, 0.2) is 0 Å². The molecule has 1 aromatic carbocycles. The van der Waals surface area contributed by atoms with Crippen LogP contribution in [0.3, 0.4) is 0 Å². The van der Waals surface area contributed by atoms with E-state index in [-0.39, 0.29) is 30.3 Å². The van der Waals surface area contributed by atoms with Gasteiger partial charge in [0, 0.05) is 11.6 Å². The first-order chi connectivity index (χ1) is 13.5. The fourth-order valence-corrected chi connectivity index (χ4v) is 5.26. The van der Waals surface area contributed by atoms with Crippen molar-refractivity contribution in [3.05, 3.63) is 35.4 Å². The number of imide groups is 1. The molecule has 1 saturated heterocycles. The second-order valence-corrected chi connectivity index (χ2v) is 8.71. The highest BCUT2D eigenvalue weighted by Crippen LogP contribution is 2.40. The molecule has 0 atom stereocenters. The molecule has 28 heavy (non-hydrogen) atoms. The number of hydrogen-bond donors (Lipinski definition) is 0. The van der Waals surface area contributed by atoms with Gasteiger partial charge in [-0.15, -0.1) is 0 Å². The number of benzene rings is 1. The van der Waals surface area contributed by atoms with Gasteiger partial charge in [-0.05, 0) is 44.7 Å². The fourth-order valence-electron chi connectivity index (χ4n) is 5.26. The van der Waals surface area contributed by atoms with E-state index in [1.165, 1.54) is 6.42 Å². The van der Waals surface area contributed by atoms with Crippen LogP contribution in [0.25, 0.3) is 0 Å². The van der Waals surface area contributed by atoms with Gasteiger partial charge in [-0.25, -0.2) is 0 Å². The quantitative estimate of drug-likeness (QED) is 0.730. The van der Waals surface area contributed by atoms with Crippen molar-refractivity contribution >= 4 is 17.7 Å². The highest BCUT2D eigenvalue weighted by molar-refractivity contribution is 6.09. The molecule has 150 valence electrons. The van der Waals surface area contributed by atoms with E-state index in [1.807, 2.05) is 19.1 Å². The number of aryl methyl sites for hydroxylation is 1. The SMILES string of the molecule is Cc1ccc(C(=O)N2CC(=O)N(C3CCCCC3)C(=O)C23CCCCC3)cc1. The van der Waals surface area contributed by atoms with Crippen LogP contribution in [0.1, 0.15) is 80.1 Å². The number of hydrogen-bond acceptors (Lipinski definition) is 3. The minimum Gasteiger partial charge on any atom is -0.315 e. The second-order valence-electron chi connectivity index (χ2n) is 8.71. The van der Waals surface area contributed by atoms with Gasteiger partial charge in [-0.3, -0.25) is 19.3 Å². The molecule has 5 heteroatoms. The molecular weight excluding hydrogens is 352 g/mol. The van der Waals surface area contributed by atoms with Gasteiger partial charge in [0.25, 0.3) is 11.8 Å². The normalized spacial score (nSPS) is 23.3. The molecule has 5 nitrogen and oxygen atoms in total. The van der Waals surface area contributed by atoms with Crippen LogP contribution >= 0.6 is 0 Å². The third-order valence-corrected chi connectivity index (χ3v) is 6.86. The van der Waals surface area contributed by atoms with Crippen LogP contribution in [0.5, 0.6) is 0 Å². The zero-order chi connectivity index (χ0) is 19.7. The Kier molecular flexibility index (Phi) is 5.26. The predicted octanol–water partition coefficient (Wildman–Crippen LogP) is 3.84. The topological polar surface area (TPSA) is 57.7 Å². The van der Waals surface area contributed by atoms with Crippen molar-refractivity contribution in [2.45, 2.75) is 82.7 Å². The first-order valence-electron chi connectivity index (χ1n) is 10.8. The summed E-state index contributed by atoms with van der Waals surface area (Å²) >= 11 is 0. The summed E-state index contributed by atoms with van der Waals surface area (Å²) in [5.74, 6) is -0.503. The maximum Gasteiger partial charge on any atom is 0.255 e.